The Hall–Kier alpha value is -2.61. The summed E-state index contributed by atoms with van der Waals surface area (Å²) in [6.45, 7) is 5.69. The lowest BCUT2D eigenvalue weighted by Crippen LogP contribution is -2.57. The van der Waals surface area contributed by atoms with Gasteiger partial charge in [-0.15, -0.1) is 0 Å². The highest BCUT2D eigenvalue weighted by Gasteiger charge is 2.35. The Morgan fingerprint density at radius 2 is 2.15 bits per heavy atom. The predicted octanol–water partition coefficient (Wildman–Crippen LogP) is 1.89. The van der Waals surface area contributed by atoms with Crippen LogP contribution in [0.4, 0.5) is 4.79 Å². The van der Waals surface area contributed by atoms with Crippen LogP contribution in [0.1, 0.15) is 36.7 Å². The molecule has 3 N–H and O–H groups in total. The molecule has 0 saturated carbocycles. The zero-order valence-electron chi connectivity index (χ0n) is 15.5. The van der Waals surface area contributed by atoms with Gasteiger partial charge in [0.05, 0.1) is 5.52 Å². The average molecular weight is 371 g/mol. The van der Waals surface area contributed by atoms with E-state index in [2.05, 4.69) is 25.7 Å². The predicted molar refractivity (Wildman–Crippen MR) is 101 cm³/mol. The summed E-state index contributed by atoms with van der Waals surface area (Å²) in [5.74, 6) is 0.743. The summed E-state index contributed by atoms with van der Waals surface area (Å²) in [4.78, 5) is 27.0. The van der Waals surface area contributed by atoms with Crippen molar-refractivity contribution in [1.29, 1.82) is 0 Å². The zero-order chi connectivity index (χ0) is 18.8. The van der Waals surface area contributed by atoms with Gasteiger partial charge >= 0.3 is 6.09 Å². The highest BCUT2D eigenvalue weighted by Crippen LogP contribution is 2.28. The van der Waals surface area contributed by atoms with Gasteiger partial charge in [-0.1, -0.05) is 6.92 Å². The Bertz CT molecular complexity index is 841. The van der Waals surface area contributed by atoms with Crippen molar-refractivity contribution in [3.63, 3.8) is 0 Å². The first-order valence-electron chi connectivity index (χ1n) is 9.61. The van der Waals surface area contributed by atoms with E-state index in [-0.39, 0.29) is 11.9 Å². The largest absolute Gasteiger partial charge is 0.412 e. The minimum atomic E-state index is -0.502. The molecule has 2 aromatic rings. The summed E-state index contributed by atoms with van der Waals surface area (Å²) in [5.41, 5.74) is 1.07. The van der Waals surface area contributed by atoms with Gasteiger partial charge in [-0.2, -0.15) is 5.10 Å². The van der Waals surface area contributed by atoms with Gasteiger partial charge < -0.3 is 20.3 Å². The number of carbonyl (C=O) groups excluding carboxylic acids is 2. The Labute approximate surface area is 157 Å². The van der Waals surface area contributed by atoms with Crippen molar-refractivity contribution < 1.29 is 14.3 Å². The van der Waals surface area contributed by atoms with Crippen LogP contribution in [0.15, 0.2) is 18.2 Å². The fourth-order valence-electron chi connectivity index (χ4n) is 3.97. The number of carbonyl (C=O) groups is 2. The van der Waals surface area contributed by atoms with Gasteiger partial charge in [-0.3, -0.25) is 9.89 Å². The van der Waals surface area contributed by atoms with E-state index in [1.807, 2.05) is 6.92 Å². The molecule has 3 aliphatic heterocycles. The first kappa shape index (κ1) is 17.8. The van der Waals surface area contributed by atoms with Crippen LogP contribution in [0.25, 0.3) is 10.9 Å². The molecule has 8 nitrogen and oxygen atoms in total. The van der Waals surface area contributed by atoms with E-state index in [4.69, 9.17) is 4.74 Å². The summed E-state index contributed by atoms with van der Waals surface area (Å²) < 4.78 is 5.29. The molecule has 144 valence electrons. The molecule has 3 saturated heterocycles. The molecular weight excluding hydrogens is 346 g/mol. The number of fused-ring (bicyclic) bond motifs is 4. The molecular formula is C19H25N5O3. The number of benzene rings is 1. The molecule has 1 aromatic heterocycles. The highest BCUT2D eigenvalue weighted by molar-refractivity contribution is 6.05. The smallest absolute Gasteiger partial charge is 0.410 e. The van der Waals surface area contributed by atoms with Crippen LogP contribution < -0.4 is 15.4 Å². The van der Waals surface area contributed by atoms with Crippen LogP contribution in [-0.4, -0.2) is 59.3 Å². The maximum Gasteiger partial charge on any atom is 0.412 e. The van der Waals surface area contributed by atoms with Gasteiger partial charge in [0.25, 0.3) is 5.91 Å². The fourth-order valence-corrected chi connectivity index (χ4v) is 3.97. The second-order valence-electron chi connectivity index (χ2n) is 7.31. The SMILES string of the molecule is CCCNC(=O)Oc1ccc2[nH]nc(C(=O)N[C@@H]3CN4CCC3CC4)c2c1. The summed E-state index contributed by atoms with van der Waals surface area (Å²) >= 11 is 0. The molecule has 3 aliphatic rings. The molecule has 0 radical (unpaired) electrons. The van der Waals surface area contributed by atoms with Crippen LogP contribution in [0.2, 0.25) is 0 Å². The number of aromatic amines is 1. The maximum absolute atomic E-state index is 12.8. The van der Waals surface area contributed by atoms with Crippen molar-refractivity contribution >= 4 is 22.9 Å². The van der Waals surface area contributed by atoms with Gasteiger partial charge in [-0.25, -0.2) is 4.79 Å². The molecule has 0 spiro atoms. The number of nitrogens with zero attached hydrogens (tertiary/aromatic N) is 2. The summed E-state index contributed by atoms with van der Waals surface area (Å²) in [5, 5.41) is 13.5. The number of hydrogen-bond donors (Lipinski definition) is 3. The number of nitrogens with one attached hydrogen (secondary N) is 3. The normalized spacial score (nSPS) is 24.0. The van der Waals surface area contributed by atoms with Crippen molar-refractivity contribution in [2.75, 3.05) is 26.2 Å². The molecule has 5 rings (SSSR count). The third kappa shape index (κ3) is 3.75. The van der Waals surface area contributed by atoms with Gasteiger partial charge in [0, 0.05) is 24.5 Å². The fraction of sp³-hybridized carbons (Fsp3) is 0.526. The first-order chi connectivity index (χ1) is 13.1. The van der Waals surface area contributed by atoms with Gasteiger partial charge in [0.2, 0.25) is 0 Å². The van der Waals surface area contributed by atoms with Crippen molar-refractivity contribution in [3.05, 3.63) is 23.9 Å². The maximum atomic E-state index is 12.8. The van der Waals surface area contributed by atoms with E-state index in [0.717, 1.165) is 44.4 Å². The number of rotatable bonds is 5. The second kappa shape index (κ2) is 7.56. The molecule has 2 amide bonds. The number of H-pyrrole nitrogens is 1. The summed E-state index contributed by atoms with van der Waals surface area (Å²) in [7, 11) is 0. The molecule has 3 fully saturated rings. The number of aromatic nitrogens is 2. The molecule has 1 atom stereocenters. The molecule has 27 heavy (non-hydrogen) atoms. The summed E-state index contributed by atoms with van der Waals surface area (Å²) in [6.07, 6.45) is 2.60. The van der Waals surface area contributed by atoms with Gasteiger partial charge in [0.1, 0.15) is 5.75 Å². The molecule has 8 heteroatoms. The molecule has 1 aromatic carbocycles. The van der Waals surface area contributed by atoms with Crippen LogP contribution >= 0.6 is 0 Å². The van der Waals surface area contributed by atoms with E-state index in [0.29, 0.717) is 29.3 Å². The zero-order valence-corrected chi connectivity index (χ0v) is 15.5. The van der Waals surface area contributed by atoms with Crippen molar-refractivity contribution in [1.82, 2.24) is 25.7 Å². The van der Waals surface area contributed by atoms with Gasteiger partial charge in [-0.05, 0) is 56.5 Å². The number of ether oxygens (including phenoxy) is 1. The van der Waals surface area contributed by atoms with E-state index in [1.54, 1.807) is 18.2 Å². The lowest BCUT2D eigenvalue weighted by atomic mass is 9.84. The third-order valence-electron chi connectivity index (χ3n) is 5.45. The third-order valence-corrected chi connectivity index (χ3v) is 5.45. The number of piperidine rings is 3. The lowest BCUT2D eigenvalue weighted by Gasteiger charge is -2.44. The molecule has 0 aliphatic carbocycles. The van der Waals surface area contributed by atoms with E-state index >= 15 is 0 Å². The minimum Gasteiger partial charge on any atom is -0.410 e. The van der Waals surface area contributed by atoms with E-state index < -0.39 is 6.09 Å². The lowest BCUT2D eigenvalue weighted by molar-refractivity contribution is 0.0618. The first-order valence-corrected chi connectivity index (χ1v) is 9.61. The Kier molecular flexibility index (Phi) is 4.98. The van der Waals surface area contributed by atoms with Crippen molar-refractivity contribution in [2.24, 2.45) is 5.92 Å². The van der Waals surface area contributed by atoms with E-state index in [1.165, 1.54) is 0 Å². The van der Waals surface area contributed by atoms with Crippen LogP contribution in [0, 0.1) is 5.92 Å². The standard InChI is InChI=1S/C19H25N5O3/c1-2-7-20-19(26)27-13-3-4-15-14(10-13)17(23-22-15)18(25)21-16-11-24-8-5-12(16)6-9-24/h3-4,10,12,16H,2,5-9,11H2,1H3,(H,20,26)(H,21,25)(H,22,23)/t16-/m1/s1. The Morgan fingerprint density at radius 1 is 1.33 bits per heavy atom. The van der Waals surface area contributed by atoms with Gasteiger partial charge in [0.15, 0.2) is 5.69 Å². The average Bonchev–Trinajstić information content (AvgIpc) is 3.10. The Morgan fingerprint density at radius 3 is 2.85 bits per heavy atom. The second-order valence-corrected chi connectivity index (χ2v) is 7.31. The topological polar surface area (TPSA) is 99.3 Å². The number of amides is 2. The van der Waals surface area contributed by atoms with Crippen LogP contribution in [-0.2, 0) is 0 Å². The van der Waals surface area contributed by atoms with E-state index in [9.17, 15) is 9.59 Å². The highest BCUT2D eigenvalue weighted by atomic mass is 16.6. The minimum absolute atomic E-state index is 0.172. The quantitative estimate of drug-likeness (QED) is 0.745. The number of hydrogen-bond acceptors (Lipinski definition) is 5. The molecule has 0 unspecified atom stereocenters. The van der Waals surface area contributed by atoms with Crippen molar-refractivity contribution in [3.8, 4) is 5.75 Å². The Balaban J connectivity index is 1.48. The van der Waals surface area contributed by atoms with Crippen LogP contribution in [0.5, 0.6) is 5.75 Å². The summed E-state index contributed by atoms with van der Waals surface area (Å²) in [6, 6.07) is 5.29. The molecule has 2 bridgehead atoms. The van der Waals surface area contributed by atoms with Crippen molar-refractivity contribution in [2.45, 2.75) is 32.2 Å². The monoisotopic (exact) mass is 371 g/mol. The molecule has 4 heterocycles. The van der Waals surface area contributed by atoms with Crippen LogP contribution in [0.3, 0.4) is 0 Å².